The Morgan fingerprint density at radius 1 is 1.09 bits per heavy atom. The molecule has 0 spiro atoms. The number of rotatable bonds is 4. The summed E-state index contributed by atoms with van der Waals surface area (Å²) in [6, 6.07) is 0.762. The molecule has 1 aliphatic heterocycles. The van der Waals surface area contributed by atoms with Gasteiger partial charge in [0.1, 0.15) is 0 Å². The average Bonchev–Trinajstić information content (AvgIpc) is 3.21. The van der Waals surface area contributed by atoms with Crippen molar-refractivity contribution in [2.45, 2.75) is 64.1 Å². The summed E-state index contributed by atoms with van der Waals surface area (Å²) in [5, 5.41) is 15.3. The molecule has 12 heteroatoms. The number of nitrogens with one attached hydrogen (secondary N) is 2. The van der Waals surface area contributed by atoms with Crippen LogP contribution in [0.1, 0.15) is 50.3 Å². The smallest absolute Gasteiger partial charge is 0.416 e. The standard InChI is InChI=1S/C22H27F6N3O3/c1-19(2,3)31(18(33)34)16-7-15-10-29-11-20(15,8-16)17(32)30-9-12-4-13(21(23,24)25)6-14(5-12)22(26,27)28/h4-6,15-16,29H,7-11H2,1-3H3,(H,30,32)(H,33,34)/t15-,16+,20-/m0/s1. The number of fused-ring (bicyclic) bond motifs is 1. The van der Waals surface area contributed by atoms with E-state index in [2.05, 4.69) is 10.6 Å². The SMILES string of the molecule is CC(C)(C)N(C(=O)O)[C@@H]1C[C@H]2CNC[C@@]2(C(=O)NCc2cc(C(F)(F)F)cc(C(F)(F)F)c2)C1. The third kappa shape index (κ3) is 5.11. The molecule has 0 radical (unpaired) electrons. The first kappa shape index (κ1) is 26.1. The highest BCUT2D eigenvalue weighted by molar-refractivity contribution is 5.84. The molecule has 3 N–H and O–H groups in total. The molecular weight excluding hydrogens is 468 g/mol. The Morgan fingerprint density at radius 3 is 2.12 bits per heavy atom. The molecule has 1 aliphatic carbocycles. The number of alkyl halides is 6. The Morgan fingerprint density at radius 2 is 1.65 bits per heavy atom. The molecule has 1 aromatic rings. The fourth-order valence-electron chi connectivity index (χ4n) is 5.21. The van der Waals surface area contributed by atoms with Gasteiger partial charge in [-0.2, -0.15) is 26.3 Å². The molecule has 2 fully saturated rings. The number of benzene rings is 1. The second-order valence-electron chi connectivity index (χ2n) is 10.00. The van der Waals surface area contributed by atoms with Gasteiger partial charge in [-0.15, -0.1) is 0 Å². The molecule has 1 saturated heterocycles. The molecule has 34 heavy (non-hydrogen) atoms. The van der Waals surface area contributed by atoms with Crippen LogP contribution < -0.4 is 10.6 Å². The molecule has 1 saturated carbocycles. The summed E-state index contributed by atoms with van der Waals surface area (Å²) in [6.45, 7) is 5.41. The lowest BCUT2D eigenvalue weighted by Gasteiger charge is -2.39. The van der Waals surface area contributed by atoms with Gasteiger partial charge in [-0.05, 0) is 69.8 Å². The zero-order valence-electron chi connectivity index (χ0n) is 18.9. The van der Waals surface area contributed by atoms with Gasteiger partial charge in [-0.3, -0.25) is 4.79 Å². The maximum Gasteiger partial charge on any atom is 0.416 e. The molecule has 3 atom stereocenters. The lowest BCUT2D eigenvalue weighted by atomic mass is 9.79. The molecule has 190 valence electrons. The quantitative estimate of drug-likeness (QED) is 0.538. The summed E-state index contributed by atoms with van der Waals surface area (Å²) in [4.78, 5) is 26.4. The fourth-order valence-corrected chi connectivity index (χ4v) is 5.21. The van der Waals surface area contributed by atoms with Crippen LogP contribution in [0.3, 0.4) is 0 Å². The van der Waals surface area contributed by atoms with Crippen LogP contribution in [0.15, 0.2) is 18.2 Å². The van der Waals surface area contributed by atoms with Crippen molar-refractivity contribution < 1.29 is 41.0 Å². The van der Waals surface area contributed by atoms with Crippen molar-refractivity contribution in [3.63, 3.8) is 0 Å². The molecule has 3 rings (SSSR count). The van der Waals surface area contributed by atoms with Gasteiger partial charge < -0.3 is 20.6 Å². The van der Waals surface area contributed by atoms with Crippen LogP contribution in [0.5, 0.6) is 0 Å². The first-order valence-corrected chi connectivity index (χ1v) is 10.7. The Balaban J connectivity index is 1.82. The van der Waals surface area contributed by atoms with Crippen molar-refractivity contribution >= 4 is 12.0 Å². The van der Waals surface area contributed by atoms with Gasteiger partial charge in [0.2, 0.25) is 5.91 Å². The van der Waals surface area contributed by atoms with Crippen LogP contribution in [-0.4, -0.2) is 46.7 Å². The zero-order valence-corrected chi connectivity index (χ0v) is 18.9. The van der Waals surface area contributed by atoms with Crippen molar-refractivity contribution in [1.29, 1.82) is 0 Å². The molecule has 2 aliphatic rings. The first-order chi connectivity index (χ1) is 15.4. The topological polar surface area (TPSA) is 81.7 Å². The van der Waals surface area contributed by atoms with E-state index < -0.39 is 59.0 Å². The van der Waals surface area contributed by atoms with E-state index >= 15 is 0 Å². The van der Waals surface area contributed by atoms with Gasteiger partial charge in [0.15, 0.2) is 0 Å². The highest BCUT2D eigenvalue weighted by atomic mass is 19.4. The highest BCUT2D eigenvalue weighted by Crippen LogP contribution is 2.49. The number of hydrogen-bond acceptors (Lipinski definition) is 3. The van der Waals surface area contributed by atoms with Crippen LogP contribution in [0.2, 0.25) is 0 Å². The van der Waals surface area contributed by atoms with Gasteiger partial charge >= 0.3 is 18.4 Å². The van der Waals surface area contributed by atoms with Crippen molar-refractivity contribution in [2.24, 2.45) is 11.3 Å². The molecule has 1 aromatic carbocycles. The third-order valence-electron chi connectivity index (χ3n) is 6.62. The molecule has 0 bridgehead atoms. The number of nitrogens with zero attached hydrogens (tertiary/aromatic N) is 1. The maximum atomic E-state index is 13.2. The Labute approximate surface area is 192 Å². The van der Waals surface area contributed by atoms with Gasteiger partial charge in [0.25, 0.3) is 0 Å². The minimum absolute atomic E-state index is 0.0372. The predicted molar refractivity (Wildman–Crippen MR) is 110 cm³/mol. The Hall–Kier alpha value is -2.50. The normalized spacial score (nSPS) is 25.2. The summed E-state index contributed by atoms with van der Waals surface area (Å²) >= 11 is 0. The summed E-state index contributed by atoms with van der Waals surface area (Å²) in [5.74, 6) is -0.732. The van der Waals surface area contributed by atoms with Gasteiger partial charge in [-0.1, -0.05) is 0 Å². The summed E-state index contributed by atoms with van der Waals surface area (Å²) in [5.41, 5.74) is -4.95. The molecule has 1 heterocycles. The average molecular weight is 495 g/mol. The fraction of sp³-hybridized carbons (Fsp3) is 0.636. The molecule has 0 unspecified atom stereocenters. The Kier molecular flexibility index (Phi) is 6.62. The predicted octanol–water partition coefficient (Wildman–Crippen LogP) is 4.49. The number of amides is 2. The van der Waals surface area contributed by atoms with E-state index in [0.717, 1.165) is 0 Å². The lowest BCUT2D eigenvalue weighted by molar-refractivity contribution is -0.143. The largest absolute Gasteiger partial charge is 0.465 e. The highest BCUT2D eigenvalue weighted by Gasteiger charge is 2.57. The van der Waals surface area contributed by atoms with E-state index in [-0.39, 0.29) is 30.5 Å². The summed E-state index contributed by atoms with van der Waals surface area (Å²) in [7, 11) is 0. The van der Waals surface area contributed by atoms with Crippen LogP contribution in [0.4, 0.5) is 31.1 Å². The van der Waals surface area contributed by atoms with Crippen LogP contribution in [-0.2, 0) is 23.7 Å². The van der Waals surface area contributed by atoms with E-state index in [1.807, 2.05) is 0 Å². The number of halogens is 6. The van der Waals surface area contributed by atoms with E-state index in [1.165, 1.54) is 4.90 Å². The van der Waals surface area contributed by atoms with E-state index in [0.29, 0.717) is 25.1 Å². The van der Waals surface area contributed by atoms with E-state index in [9.17, 15) is 41.0 Å². The molecule has 6 nitrogen and oxygen atoms in total. The number of hydrogen-bond donors (Lipinski definition) is 3. The van der Waals surface area contributed by atoms with Crippen molar-refractivity contribution in [2.75, 3.05) is 13.1 Å². The molecule has 2 amide bonds. The van der Waals surface area contributed by atoms with E-state index in [4.69, 9.17) is 0 Å². The van der Waals surface area contributed by atoms with Crippen LogP contribution in [0.25, 0.3) is 0 Å². The molecule has 0 aromatic heterocycles. The van der Waals surface area contributed by atoms with Crippen molar-refractivity contribution in [1.82, 2.24) is 15.5 Å². The second kappa shape index (κ2) is 8.62. The summed E-state index contributed by atoms with van der Waals surface area (Å²) < 4.78 is 78.7. The minimum atomic E-state index is -4.98. The number of carbonyl (C=O) groups excluding carboxylic acids is 1. The van der Waals surface area contributed by atoms with Crippen molar-refractivity contribution in [3.8, 4) is 0 Å². The van der Waals surface area contributed by atoms with Crippen LogP contribution in [0, 0.1) is 11.3 Å². The zero-order chi connectivity index (χ0) is 25.7. The van der Waals surface area contributed by atoms with Gasteiger partial charge in [0.05, 0.1) is 16.5 Å². The van der Waals surface area contributed by atoms with Gasteiger partial charge in [-0.25, -0.2) is 4.79 Å². The number of carbonyl (C=O) groups is 2. The monoisotopic (exact) mass is 495 g/mol. The second-order valence-corrected chi connectivity index (χ2v) is 10.00. The van der Waals surface area contributed by atoms with Crippen LogP contribution >= 0.6 is 0 Å². The third-order valence-corrected chi connectivity index (χ3v) is 6.62. The minimum Gasteiger partial charge on any atom is -0.465 e. The lowest BCUT2D eigenvalue weighted by Crippen LogP contribution is -2.51. The molecular formula is C22H27F6N3O3. The van der Waals surface area contributed by atoms with Gasteiger partial charge in [0, 0.05) is 24.7 Å². The first-order valence-electron chi connectivity index (χ1n) is 10.7. The van der Waals surface area contributed by atoms with E-state index in [1.54, 1.807) is 20.8 Å². The summed E-state index contributed by atoms with van der Waals surface area (Å²) in [6.07, 6.45) is -10.5. The Bertz CT molecular complexity index is 924. The maximum absolute atomic E-state index is 13.2. The van der Waals surface area contributed by atoms with Crippen molar-refractivity contribution in [3.05, 3.63) is 34.9 Å². The number of carboxylic acid groups (broad SMARTS) is 1.